The second kappa shape index (κ2) is 5.42. The summed E-state index contributed by atoms with van der Waals surface area (Å²) in [4.78, 5) is 27.4. The zero-order valence-electron chi connectivity index (χ0n) is 17.5. The van der Waals surface area contributed by atoms with Gasteiger partial charge >= 0.3 is 0 Å². The topological polar surface area (TPSA) is 67.2 Å². The summed E-state index contributed by atoms with van der Waals surface area (Å²) >= 11 is 0. The van der Waals surface area contributed by atoms with Crippen LogP contribution >= 0.6 is 0 Å². The fourth-order valence-electron chi connectivity index (χ4n) is 8.55. The lowest BCUT2D eigenvalue weighted by Crippen LogP contribution is -2.95. The summed E-state index contributed by atoms with van der Waals surface area (Å²) in [5.74, 6) is 3.73. The van der Waals surface area contributed by atoms with Crippen LogP contribution in [-0.2, 0) is 10.3 Å². The number of anilines is 1. The monoisotopic (exact) mass is 404 g/mol. The van der Waals surface area contributed by atoms with Gasteiger partial charge in [-0.3, -0.25) is 4.79 Å². The minimum absolute atomic E-state index is 0.0710. The first-order chi connectivity index (χ1) is 14.6. The smallest absolute Gasteiger partial charge is 0.229 e. The third-order valence-corrected chi connectivity index (χ3v) is 9.40. The number of carbonyl (C=O) groups is 1. The van der Waals surface area contributed by atoms with E-state index >= 15 is 0 Å². The molecule has 1 amide bonds. The molecule has 1 spiro atoms. The first-order valence-corrected chi connectivity index (χ1v) is 11.4. The van der Waals surface area contributed by atoms with E-state index in [-0.39, 0.29) is 16.4 Å². The van der Waals surface area contributed by atoms with Crippen molar-refractivity contribution < 1.29 is 4.79 Å². The van der Waals surface area contributed by atoms with Crippen LogP contribution in [0.15, 0.2) is 30.7 Å². The number of aryl methyl sites for hydroxylation is 1. The van der Waals surface area contributed by atoms with Gasteiger partial charge in [0.25, 0.3) is 0 Å². The Morgan fingerprint density at radius 2 is 2.00 bits per heavy atom. The fourth-order valence-corrected chi connectivity index (χ4v) is 8.55. The minimum atomic E-state index is -0.126. The fraction of sp³-hybridized carbons (Fsp3) is 0.652. The van der Waals surface area contributed by atoms with Crippen molar-refractivity contribution in [3.63, 3.8) is 0 Å². The summed E-state index contributed by atoms with van der Waals surface area (Å²) in [6.45, 7) is 5.46. The molecule has 3 heterocycles. The summed E-state index contributed by atoms with van der Waals surface area (Å²) in [5, 5.41) is 4.70. The van der Waals surface area contributed by atoms with Crippen LogP contribution in [0.1, 0.15) is 37.9 Å². The van der Waals surface area contributed by atoms with Crippen molar-refractivity contribution in [3.8, 4) is 0 Å². The van der Waals surface area contributed by atoms with Crippen LogP contribution < -0.4 is 4.90 Å². The molecule has 1 aliphatic heterocycles. The number of nitrogens with zero attached hydrogens (tertiary/aromatic N) is 6. The lowest BCUT2D eigenvalue weighted by Gasteiger charge is -2.94. The number of hydrogen-bond acceptors (Lipinski definition) is 5. The van der Waals surface area contributed by atoms with E-state index in [0.717, 1.165) is 68.9 Å². The van der Waals surface area contributed by atoms with Crippen molar-refractivity contribution in [1.29, 1.82) is 0 Å². The van der Waals surface area contributed by atoms with Crippen molar-refractivity contribution >= 4 is 11.7 Å². The van der Waals surface area contributed by atoms with Crippen LogP contribution in [0.4, 0.5) is 5.82 Å². The molecule has 1 saturated heterocycles. The molecule has 156 valence electrons. The quantitative estimate of drug-likeness (QED) is 0.785. The molecule has 2 aromatic heterocycles. The Bertz CT molecular complexity index is 1030. The van der Waals surface area contributed by atoms with Gasteiger partial charge in [0, 0.05) is 37.8 Å². The molecule has 5 atom stereocenters. The largest absolute Gasteiger partial charge is 0.355 e. The van der Waals surface area contributed by atoms with E-state index in [1.54, 1.807) is 0 Å². The Balaban J connectivity index is 1.14. The number of carbonyl (C=O) groups excluding carboxylic acids is 1. The molecule has 4 saturated carbocycles. The second-order valence-corrected chi connectivity index (χ2v) is 10.3. The van der Waals surface area contributed by atoms with Crippen LogP contribution in [-0.4, -0.2) is 56.7 Å². The van der Waals surface area contributed by atoms with Gasteiger partial charge in [0.05, 0.1) is 11.0 Å². The summed E-state index contributed by atoms with van der Waals surface area (Å²) < 4.78 is 2.14. The Labute approximate surface area is 176 Å². The van der Waals surface area contributed by atoms with Crippen LogP contribution in [0.3, 0.4) is 0 Å². The highest BCUT2D eigenvalue weighted by atomic mass is 16.2. The van der Waals surface area contributed by atoms with Gasteiger partial charge in [-0.25, -0.2) is 14.6 Å². The molecule has 5 aliphatic rings. The van der Waals surface area contributed by atoms with Crippen molar-refractivity contribution in [2.24, 2.45) is 22.7 Å². The van der Waals surface area contributed by atoms with E-state index in [4.69, 9.17) is 5.10 Å². The van der Waals surface area contributed by atoms with Gasteiger partial charge in [0.1, 0.15) is 18.0 Å². The zero-order valence-corrected chi connectivity index (χ0v) is 17.5. The second-order valence-electron chi connectivity index (χ2n) is 10.3. The van der Waals surface area contributed by atoms with Gasteiger partial charge < -0.3 is 9.80 Å². The van der Waals surface area contributed by atoms with Crippen LogP contribution in [0, 0.1) is 29.6 Å². The predicted octanol–water partition coefficient (Wildman–Crippen LogP) is 2.24. The predicted molar refractivity (Wildman–Crippen MR) is 111 cm³/mol. The molecule has 7 nitrogen and oxygen atoms in total. The Morgan fingerprint density at radius 3 is 2.73 bits per heavy atom. The lowest BCUT2D eigenvalue weighted by atomic mass is 9.10. The number of hydrogen-bond donors (Lipinski definition) is 0. The van der Waals surface area contributed by atoms with Crippen molar-refractivity contribution in [2.45, 2.75) is 44.6 Å². The Morgan fingerprint density at radius 1 is 1.10 bits per heavy atom. The van der Waals surface area contributed by atoms with Gasteiger partial charge in [0.15, 0.2) is 0 Å². The molecule has 0 N–H and O–H groups in total. The van der Waals surface area contributed by atoms with E-state index in [1.807, 2.05) is 31.6 Å². The van der Waals surface area contributed by atoms with E-state index < -0.39 is 0 Å². The lowest BCUT2D eigenvalue weighted by molar-refractivity contribution is -0.455. The summed E-state index contributed by atoms with van der Waals surface area (Å²) in [6.07, 6.45) is 9.34. The van der Waals surface area contributed by atoms with Gasteiger partial charge in [-0.1, -0.05) is 6.07 Å². The Hall–Kier alpha value is -2.44. The van der Waals surface area contributed by atoms with Gasteiger partial charge in [-0.05, 0) is 63.0 Å². The van der Waals surface area contributed by atoms with E-state index in [2.05, 4.69) is 30.5 Å². The van der Waals surface area contributed by atoms with E-state index in [1.165, 1.54) is 12.8 Å². The van der Waals surface area contributed by atoms with Gasteiger partial charge in [0.2, 0.25) is 5.91 Å². The summed E-state index contributed by atoms with van der Waals surface area (Å²) in [6, 6.07) is 6.06. The van der Waals surface area contributed by atoms with E-state index in [9.17, 15) is 4.79 Å². The zero-order chi connectivity index (χ0) is 20.1. The normalized spacial score (nSPS) is 40.7. The van der Waals surface area contributed by atoms with Crippen molar-refractivity contribution in [2.75, 3.05) is 31.1 Å². The highest BCUT2D eigenvalue weighted by molar-refractivity contribution is 5.89. The van der Waals surface area contributed by atoms with Crippen LogP contribution in [0.5, 0.6) is 0 Å². The maximum Gasteiger partial charge on any atom is 0.229 e. The molecular weight excluding hydrogens is 376 g/mol. The molecule has 2 aromatic rings. The average molecular weight is 405 g/mol. The number of amides is 1. The van der Waals surface area contributed by atoms with Gasteiger partial charge in [-0.2, -0.15) is 5.10 Å². The molecular formula is C23H28N6O. The maximum absolute atomic E-state index is 13.9. The molecule has 0 aromatic carbocycles. The highest BCUT2D eigenvalue weighted by Gasteiger charge is 2.97. The third kappa shape index (κ3) is 1.69. The first kappa shape index (κ1) is 17.3. The van der Waals surface area contributed by atoms with Crippen LogP contribution in [0.25, 0.3) is 0 Å². The molecule has 30 heavy (non-hydrogen) atoms. The molecule has 0 radical (unpaired) electrons. The first-order valence-electron chi connectivity index (χ1n) is 11.4. The standard InChI is InChI=1S/C23H28N6O/c1-16-25-15-29(26-16)22-13-18-11-17-12-21(14-22,23(17,18)22)20(30)28-8-4-7-27(9-10-28)19-5-2-3-6-24-19/h2-3,5-6,15,17-18H,4,7-14H2,1H3. The molecule has 4 aliphatic carbocycles. The molecule has 0 bridgehead atoms. The molecule has 7 rings (SSSR count). The number of aromatic nitrogens is 4. The third-order valence-electron chi connectivity index (χ3n) is 9.40. The molecule has 5 fully saturated rings. The maximum atomic E-state index is 13.9. The van der Waals surface area contributed by atoms with Crippen LogP contribution in [0.2, 0.25) is 0 Å². The number of rotatable bonds is 3. The van der Waals surface area contributed by atoms with Gasteiger partial charge in [-0.15, -0.1) is 0 Å². The molecule has 5 unspecified atom stereocenters. The van der Waals surface area contributed by atoms with E-state index in [0.29, 0.717) is 5.91 Å². The number of pyridine rings is 1. The average Bonchev–Trinajstić information content (AvgIpc) is 2.99. The summed E-state index contributed by atoms with van der Waals surface area (Å²) in [5.41, 5.74) is 0.130. The SMILES string of the molecule is Cc1ncn(C23CC4CC5CC(C(=O)N6CCCN(c7ccccn7)CC6)(C2)C543)n1. The van der Waals surface area contributed by atoms with Crippen molar-refractivity contribution in [3.05, 3.63) is 36.5 Å². The highest BCUT2D eigenvalue weighted by Crippen LogP contribution is 2.96. The minimum Gasteiger partial charge on any atom is -0.355 e. The summed E-state index contributed by atoms with van der Waals surface area (Å²) in [7, 11) is 0. The van der Waals surface area contributed by atoms with Crippen molar-refractivity contribution in [1.82, 2.24) is 24.6 Å². The molecule has 7 heteroatoms. The Kier molecular flexibility index (Phi) is 3.12.